The molecular formula is C70H74Cl4F2N14O7. The van der Waals surface area contributed by atoms with Crippen molar-refractivity contribution in [3.63, 3.8) is 0 Å². The highest BCUT2D eigenvalue weighted by Gasteiger charge is 2.56. The van der Waals surface area contributed by atoms with Crippen LogP contribution in [-0.4, -0.2) is 139 Å². The van der Waals surface area contributed by atoms with E-state index in [1.165, 1.54) is 14.2 Å². The minimum atomic E-state index is -0.743. The van der Waals surface area contributed by atoms with Gasteiger partial charge in [0.15, 0.2) is 11.6 Å². The van der Waals surface area contributed by atoms with Gasteiger partial charge in [-0.1, -0.05) is 82.8 Å². The lowest BCUT2D eigenvalue weighted by molar-refractivity contribution is -0.168. The van der Waals surface area contributed by atoms with Gasteiger partial charge >= 0.3 is 11.9 Å². The fraction of sp³-hybridized carbons (Fsp3) is 0.400. The molecule has 508 valence electrons. The maximum absolute atomic E-state index is 13.7. The van der Waals surface area contributed by atoms with E-state index >= 15 is 0 Å². The third-order valence-electron chi connectivity index (χ3n) is 18.8. The van der Waals surface area contributed by atoms with Gasteiger partial charge in [0.1, 0.15) is 0 Å². The summed E-state index contributed by atoms with van der Waals surface area (Å²) in [5, 5.41) is 13.7. The average Bonchev–Trinajstić information content (AvgIpc) is 1.72. The molecule has 0 bridgehead atoms. The second kappa shape index (κ2) is 30.0. The van der Waals surface area contributed by atoms with Gasteiger partial charge in [-0.2, -0.15) is 0 Å². The molecule has 0 unspecified atom stereocenters. The number of amides is 2. The van der Waals surface area contributed by atoms with Crippen LogP contribution in [0.25, 0.3) is 45.0 Å². The number of halogens is 6. The molecule has 12 rings (SSSR count). The zero-order valence-corrected chi connectivity index (χ0v) is 57.3. The van der Waals surface area contributed by atoms with Gasteiger partial charge < -0.3 is 44.6 Å². The summed E-state index contributed by atoms with van der Waals surface area (Å²) in [5.41, 5.74) is 8.26. The molecule has 6 aromatic heterocycles. The van der Waals surface area contributed by atoms with E-state index in [0.717, 1.165) is 47.0 Å². The Morgan fingerprint density at radius 2 is 0.969 bits per heavy atom. The molecule has 2 aliphatic heterocycles. The fourth-order valence-electron chi connectivity index (χ4n) is 12.8. The van der Waals surface area contributed by atoms with Crippen LogP contribution in [0.1, 0.15) is 107 Å². The maximum atomic E-state index is 13.7. The van der Waals surface area contributed by atoms with Crippen LogP contribution in [0.2, 0.25) is 20.1 Å². The number of ether oxygens (including phenoxy) is 3. The molecule has 4 N–H and O–H groups in total. The Morgan fingerprint density at radius 1 is 0.546 bits per heavy atom. The number of imidazole rings is 2. The lowest BCUT2D eigenvalue weighted by Gasteiger charge is -2.26. The molecule has 0 atom stereocenters. The molecule has 97 heavy (non-hydrogen) atoms. The van der Waals surface area contributed by atoms with E-state index in [2.05, 4.69) is 51.0 Å². The van der Waals surface area contributed by atoms with E-state index < -0.39 is 34.6 Å². The third kappa shape index (κ3) is 14.8. The molecular weight excluding hydrogens is 1330 g/mol. The summed E-state index contributed by atoms with van der Waals surface area (Å²) >= 11 is 28.2. The van der Waals surface area contributed by atoms with E-state index in [9.17, 15) is 28.0 Å². The summed E-state index contributed by atoms with van der Waals surface area (Å²) in [6.45, 7) is 4.81. The van der Waals surface area contributed by atoms with Gasteiger partial charge in [-0.25, -0.2) is 19.9 Å². The fourth-order valence-corrected chi connectivity index (χ4v) is 14.0. The number of benzene rings is 2. The minimum absolute atomic E-state index is 0.235. The maximum Gasteiger partial charge on any atom is 0.319 e. The monoisotopic (exact) mass is 1400 g/mol. The molecule has 8 heterocycles. The number of carbonyl (C=O) groups is 4. The van der Waals surface area contributed by atoms with Crippen LogP contribution in [0.15, 0.2) is 85.2 Å². The Labute approximate surface area is 580 Å². The average molecular weight is 1400 g/mol. The second-order valence-electron chi connectivity index (χ2n) is 25.0. The summed E-state index contributed by atoms with van der Waals surface area (Å²) in [6, 6.07) is 21.4. The van der Waals surface area contributed by atoms with Crippen LogP contribution >= 0.6 is 46.4 Å². The molecule has 8 aromatic rings. The Bertz CT molecular complexity index is 4050. The number of pyridine rings is 4. The number of hydrogen-bond donors (Lipinski definition) is 4. The first-order chi connectivity index (χ1) is 47.0. The molecule has 27 heteroatoms. The van der Waals surface area contributed by atoms with Gasteiger partial charge in [-0.05, 0) is 101 Å². The number of methoxy groups -OCH3 is 2. The topological polar surface area (TPSA) is 238 Å². The predicted molar refractivity (Wildman–Crippen MR) is 368 cm³/mol. The van der Waals surface area contributed by atoms with Gasteiger partial charge in [0.2, 0.25) is 11.8 Å². The van der Waals surface area contributed by atoms with Crippen LogP contribution in [0.5, 0.6) is 11.8 Å². The van der Waals surface area contributed by atoms with Gasteiger partial charge in [0.05, 0.1) is 104 Å². The van der Waals surface area contributed by atoms with Gasteiger partial charge in [-0.15, -0.1) is 0 Å². The van der Waals surface area contributed by atoms with Crippen molar-refractivity contribution in [3.05, 3.63) is 151 Å². The highest BCUT2D eigenvalue weighted by molar-refractivity contribution is 6.40. The van der Waals surface area contributed by atoms with Crippen LogP contribution in [0, 0.1) is 10.8 Å². The van der Waals surface area contributed by atoms with Crippen molar-refractivity contribution in [2.24, 2.45) is 24.9 Å². The largest absolute Gasteiger partial charge is 0.481 e. The van der Waals surface area contributed by atoms with E-state index in [1.807, 2.05) is 38.4 Å². The normalized spacial score (nSPS) is 15.3. The standard InChI is InChI=1S/C70H74Cl4F2N14O7/c1-87-53-19-35-89(33-7-27-75)39-51(53)81-61(87)63(91)83-49-11-5-9-45(55(49)71)59-57(73)43(17-29-79-59)47-15-13-41(65(85-47)95-3)37-77-31-25-69(21-22-69)67(93)97-68(94)70(23-24-70)26-32-78-38-42-14-16-48(86-66(42)96-4)44-18-30-80-60(58(44)74)46-10-6-12-50(56(46)72)84-64(92)62-82-52-40-90(34-8-28-76)36-20-54(52)88(62)2/h5-6,9-18,29-30,77-78H,7-8,19-28,31-40H2,1-4H3,(H,83,91)(H,84,92). The Kier molecular flexibility index (Phi) is 21.3. The van der Waals surface area contributed by atoms with Crippen molar-refractivity contribution in [2.75, 3.05) is 77.5 Å². The molecule has 0 saturated heterocycles. The van der Waals surface area contributed by atoms with Gasteiger partial charge in [0, 0.05) is 136 Å². The number of nitrogens with one attached hydrogen (secondary N) is 4. The summed E-state index contributed by atoms with van der Waals surface area (Å²) in [6.07, 6.45) is 8.97. The molecule has 2 saturated carbocycles. The number of rotatable bonds is 28. The number of alkyl halides is 2. The number of esters is 2. The zero-order chi connectivity index (χ0) is 68.1. The number of nitrogens with zero attached hydrogens (tertiary/aromatic N) is 10. The molecule has 2 aromatic carbocycles. The third-order valence-corrected chi connectivity index (χ3v) is 20.4. The van der Waals surface area contributed by atoms with Crippen LogP contribution in [0.4, 0.5) is 20.2 Å². The summed E-state index contributed by atoms with van der Waals surface area (Å²) in [4.78, 5) is 87.1. The zero-order valence-electron chi connectivity index (χ0n) is 54.2. The molecule has 0 radical (unpaired) electrons. The number of carbonyl (C=O) groups excluding carboxylic acids is 4. The Morgan fingerprint density at radius 3 is 1.36 bits per heavy atom. The first kappa shape index (κ1) is 68.9. The molecule has 0 spiro atoms. The minimum Gasteiger partial charge on any atom is -0.481 e. The molecule has 2 fully saturated rings. The van der Waals surface area contributed by atoms with E-state index in [4.69, 9.17) is 70.6 Å². The first-order valence-corrected chi connectivity index (χ1v) is 33.9. The number of hydrogen-bond acceptors (Lipinski definition) is 17. The van der Waals surface area contributed by atoms with Crippen molar-refractivity contribution >= 4 is 81.5 Å². The van der Waals surface area contributed by atoms with Crippen molar-refractivity contribution in [2.45, 2.75) is 90.4 Å². The van der Waals surface area contributed by atoms with Gasteiger partial charge in [0.25, 0.3) is 11.8 Å². The van der Waals surface area contributed by atoms with E-state index in [1.54, 1.807) is 70.1 Å². The van der Waals surface area contributed by atoms with Gasteiger partial charge in [-0.3, -0.25) is 47.7 Å². The van der Waals surface area contributed by atoms with Crippen molar-refractivity contribution in [1.29, 1.82) is 0 Å². The molecule has 21 nitrogen and oxygen atoms in total. The SMILES string of the molecule is COc1nc(-c2ccnc(-c3cccc(NC(=O)c4nc5c(n4C)CCN(CCCF)C5)c3Cl)c2Cl)ccc1CNCCC1(C(=O)OC(=O)C2(CCNCc3ccc(-c4ccnc(-c5cccc(NC(=O)c6nc7c(n6C)CCN(CCCF)C7)c5Cl)c4Cl)nc3OC)CC2)CC1. The highest BCUT2D eigenvalue weighted by Crippen LogP contribution is 2.53. The van der Waals surface area contributed by atoms with E-state index in [0.29, 0.717) is 185 Å². The lowest BCUT2D eigenvalue weighted by atomic mass is 10.0. The summed E-state index contributed by atoms with van der Waals surface area (Å²) in [5.74, 6) is -0.612. The highest BCUT2D eigenvalue weighted by atomic mass is 35.5. The Balaban J connectivity index is 0.607. The van der Waals surface area contributed by atoms with Crippen molar-refractivity contribution in [1.82, 2.24) is 59.5 Å². The molecule has 2 amide bonds. The quantitative estimate of drug-likeness (QED) is 0.0203. The lowest BCUT2D eigenvalue weighted by Crippen LogP contribution is -2.32. The number of aromatic nitrogens is 8. The van der Waals surface area contributed by atoms with E-state index in [-0.39, 0.29) is 45.1 Å². The summed E-state index contributed by atoms with van der Waals surface area (Å²) in [7, 11) is 6.70. The van der Waals surface area contributed by atoms with Crippen molar-refractivity contribution in [3.8, 4) is 56.8 Å². The second-order valence-corrected chi connectivity index (χ2v) is 26.5. The van der Waals surface area contributed by atoms with Crippen LogP contribution in [-0.2, 0) is 67.4 Å². The number of fused-ring (bicyclic) bond motifs is 2. The van der Waals surface area contributed by atoms with Crippen LogP contribution < -0.4 is 30.7 Å². The molecule has 2 aliphatic carbocycles. The summed E-state index contributed by atoms with van der Waals surface area (Å²) < 4.78 is 46.5. The smallest absolute Gasteiger partial charge is 0.319 e. The van der Waals surface area contributed by atoms with Crippen LogP contribution in [0.3, 0.4) is 0 Å². The van der Waals surface area contributed by atoms with Crippen molar-refractivity contribution < 1.29 is 42.2 Å². The molecule has 4 aliphatic rings. The number of anilines is 2. The first-order valence-electron chi connectivity index (χ1n) is 32.4. The Hall–Kier alpha value is -8.00. The predicted octanol–water partition coefficient (Wildman–Crippen LogP) is 12.3.